The third-order valence-corrected chi connectivity index (χ3v) is 2.71. The fraction of sp³-hybridized carbons (Fsp3) is 0.529. The quantitative estimate of drug-likeness (QED) is 0.585. The monoisotopic (exact) mass is 275 g/mol. The Labute approximate surface area is 122 Å². The molecule has 0 aliphatic rings. The average Bonchev–Trinajstić information content (AvgIpc) is 2.43. The lowest BCUT2D eigenvalue weighted by atomic mass is 10.1. The van der Waals surface area contributed by atoms with Crippen LogP contribution in [-0.2, 0) is 6.42 Å². The van der Waals surface area contributed by atoms with E-state index in [0.29, 0.717) is 13.2 Å². The Morgan fingerprint density at radius 3 is 2.70 bits per heavy atom. The summed E-state index contributed by atoms with van der Waals surface area (Å²) in [6.07, 6.45) is 2.51. The highest BCUT2D eigenvalue weighted by molar-refractivity contribution is 5.41. The normalized spacial score (nSPS) is 11.4. The average molecular weight is 275 g/mol. The minimum absolute atomic E-state index is 0.107. The number of rotatable bonds is 8. The molecule has 110 valence electrons. The van der Waals surface area contributed by atoms with Crippen molar-refractivity contribution < 1.29 is 9.47 Å². The van der Waals surface area contributed by atoms with Gasteiger partial charge in [-0.25, -0.2) is 0 Å². The maximum atomic E-state index is 5.88. The Kier molecular flexibility index (Phi) is 7.60. The van der Waals surface area contributed by atoms with E-state index in [9.17, 15) is 0 Å². The molecule has 20 heavy (non-hydrogen) atoms. The molecule has 2 N–H and O–H groups in total. The third-order valence-electron chi connectivity index (χ3n) is 2.71. The van der Waals surface area contributed by atoms with Crippen LogP contribution >= 0.6 is 0 Å². The van der Waals surface area contributed by atoms with E-state index < -0.39 is 0 Å². The number of hydrogen-bond acceptors (Lipinski definition) is 3. The first-order valence-corrected chi connectivity index (χ1v) is 7.21. The van der Waals surface area contributed by atoms with Gasteiger partial charge in [-0.05, 0) is 38.3 Å². The van der Waals surface area contributed by atoms with Crippen molar-refractivity contribution in [2.75, 3.05) is 13.2 Å². The maximum Gasteiger partial charge on any atom is 0.126 e. The predicted molar refractivity (Wildman–Crippen MR) is 83.1 cm³/mol. The molecule has 0 aliphatic heterocycles. The van der Waals surface area contributed by atoms with Crippen LogP contribution in [-0.4, -0.2) is 19.3 Å². The van der Waals surface area contributed by atoms with Crippen LogP contribution in [0.5, 0.6) is 11.5 Å². The Balaban J connectivity index is 2.77. The van der Waals surface area contributed by atoms with Crippen molar-refractivity contribution in [1.29, 1.82) is 0 Å². The molecule has 3 nitrogen and oxygen atoms in total. The third kappa shape index (κ3) is 5.99. The lowest BCUT2D eigenvalue weighted by Crippen LogP contribution is -2.18. The van der Waals surface area contributed by atoms with Gasteiger partial charge in [0.25, 0.3) is 0 Å². The fourth-order valence-corrected chi connectivity index (χ4v) is 1.83. The summed E-state index contributed by atoms with van der Waals surface area (Å²) < 4.78 is 11.5. The van der Waals surface area contributed by atoms with E-state index in [2.05, 4.69) is 18.8 Å². The molecule has 0 saturated heterocycles. The second-order valence-corrected chi connectivity index (χ2v) is 4.82. The van der Waals surface area contributed by atoms with Gasteiger partial charge in [0.1, 0.15) is 11.5 Å². The van der Waals surface area contributed by atoms with Gasteiger partial charge >= 0.3 is 0 Å². The molecule has 0 radical (unpaired) electrons. The minimum atomic E-state index is 0.107. The summed E-state index contributed by atoms with van der Waals surface area (Å²) in [5, 5.41) is 0. The first kappa shape index (κ1) is 16.4. The van der Waals surface area contributed by atoms with Crippen LogP contribution in [0, 0.1) is 11.8 Å². The molecule has 0 saturated carbocycles. The van der Waals surface area contributed by atoms with Crippen LogP contribution in [0.4, 0.5) is 0 Å². The highest BCUT2D eigenvalue weighted by Crippen LogP contribution is 2.26. The van der Waals surface area contributed by atoms with E-state index in [1.807, 2.05) is 32.0 Å². The largest absolute Gasteiger partial charge is 0.493 e. The Morgan fingerprint density at radius 1 is 1.25 bits per heavy atom. The van der Waals surface area contributed by atoms with Crippen molar-refractivity contribution in [3.05, 3.63) is 23.8 Å². The van der Waals surface area contributed by atoms with Crippen LogP contribution in [0.15, 0.2) is 18.2 Å². The van der Waals surface area contributed by atoms with Gasteiger partial charge < -0.3 is 15.2 Å². The second-order valence-electron chi connectivity index (χ2n) is 4.82. The van der Waals surface area contributed by atoms with Gasteiger partial charge in [0, 0.05) is 18.5 Å². The smallest absolute Gasteiger partial charge is 0.126 e. The van der Waals surface area contributed by atoms with Crippen LogP contribution in [0.2, 0.25) is 0 Å². The van der Waals surface area contributed by atoms with Crippen LogP contribution in [0.3, 0.4) is 0 Å². The highest BCUT2D eigenvalue weighted by atomic mass is 16.5. The van der Waals surface area contributed by atoms with E-state index in [0.717, 1.165) is 36.3 Å². The van der Waals surface area contributed by atoms with Gasteiger partial charge in [-0.15, -0.1) is 11.8 Å². The van der Waals surface area contributed by atoms with Crippen molar-refractivity contribution in [1.82, 2.24) is 0 Å². The van der Waals surface area contributed by atoms with Crippen molar-refractivity contribution in [2.24, 2.45) is 5.73 Å². The molecule has 0 amide bonds. The molecule has 3 heteroatoms. The van der Waals surface area contributed by atoms with Gasteiger partial charge in [0.15, 0.2) is 0 Å². The van der Waals surface area contributed by atoms with E-state index in [-0.39, 0.29) is 6.04 Å². The fourth-order valence-electron chi connectivity index (χ4n) is 1.83. The Hall–Kier alpha value is -1.66. The SMILES string of the molecule is CC#CCCOc1cc(OCCC)ccc1CC(C)N. The summed E-state index contributed by atoms with van der Waals surface area (Å²) in [7, 11) is 0. The zero-order chi connectivity index (χ0) is 14.8. The molecule has 0 aromatic heterocycles. The molecule has 0 spiro atoms. The molecule has 1 aromatic carbocycles. The number of hydrogen-bond donors (Lipinski definition) is 1. The van der Waals surface area contributed by atoms with Crippen molar-refractivity contribution >= 4 is 0 Å². The number of nitrogens with two attached hydrogens (primary N) is 1. The molecule has 0 fully saturated rings. The first-order chi connectivity index (χ1) is 9.67. The molecule has 0 bridgehead atoms. The van der Waals surface area contributed by atoms with Crippen molar-refractivity contribution in [2.45, 2.75) is 46.1 Å². The first-order valence-electron chi connectivity index (χ1n) is 7.21. The van der Waals surface area contributed by atoms with Gasteiger partial charge in [-0.3, -0.25) is 0 Å². The lowest BCUT2D eigenvalue weighted by molar-refractivity contribution is 0.303. The van der Waals surface area contributed by atoms with Gasteiger partial charge in [0.2, 0.25) is 0 Å². The molecule has 1 aromatic rings. The second kappa shape index (κ2) is 9.28. The van der Waals surface area contributed by atoms with Crippen LogP contribution in [0.1, 0.15) is 39.2 Å². The zero-order valence-corrected chi connectivity index (χ0v) is 12.7. The molecule has 1 rings (SSSR count). The number of ether oxygens (including phenoxy) is 2. The Morgan fingerprint density at radius 2 is 2.05 bits per heavy atom. The van der Waals surface area contributed by atoms with E-state index >= 15 is 0 Å². The van der Waals surface area contributed by atoms with E-state index in [1.165, 1.54) is 0 Å². The molecular formula is C17H25NO2. The standard InChI is InChI=1S/C17H25NO2/c1-4-6-7-11-20-17-13-16(19-10-5-2)9-8-15(17)12-14(3)18/h8-9,13-14H,5,7,10-12,18H2,1-3H3. The summed E-state index contributed by atoms with van der Waals surface area (Å²) >= 11 is 0. The summed E-state index contributed by atoms with van der Waals surface area (Å²) in [6, 6.07) is 6.07. The van der Waals surface area contributed by atoms with Crippen molar-refractivity contribution in [3.8, 4) is 23.3 Å². The predicted octanol–water partition coefficient (Wildman–Crippen LogP) is 3.16. The zero-order valence-electron chi connectivity index (χ0n) is 12.7. The molecule has 0 heterocycles. The highest BCUT2D eigenvalue weighted by Gasteiger charge is 2.08. The molecule has 0 aliphatic carbocycles. The summed E-state index contributed by atoms with van der Waals surface area (Å²) in [4.78, 5) is 0. The topological polar surface area (TPSA) is 44.5 Å². The summed E-state index contributed by atoms with van der Waals surface area (Å²) in [6.45, 7) is 7.22. The molecular weight excluding hydrogens is 250 g/mol. The van der Waals surface area contributed by atoms with Crippen LogP contribution in [0.25, 0.3) is 0 Å². The van der Waals surface area contributed by atoms with Crippen LogP contribution < -0.4 is 15.2 Å². The minimum Gasteiger partial charge on any atom is -0.493 e. The van der Waals surface area contributed by atoms with Gasteiger partial charge in [-0.1, -0.05) is 13.0 Å². The van der Waals surface area contributed by atoms with Gasteiger partial charge in [0.05, 0.1) is 13.2 Å². The maximum absolute atomic E-state index is 5.88. The van der Waals surface area contributed by atoms with E-state index in [4.69, 9.17) is 15.2 Å². The lowest BCUT2D eigenvalue weighted by Gasteiger charge is -2.14. The number of benzene rings is 1. The summed E-state index contributed by atoms with van der Waals surface area (Å²) in [5.74, 6) is 7.56. The van der Waals surface area contributed by atoms with E-state index in [1.54, 1.807) is 0 Å². The Bertz CT molecular complexity index is 458. The van der Waals surface area contributed by atoms with Gasteiger partial charge in [-0.2, -0.15) is 0 Å². The molecule has 1 atom stereocenters. The molecule has 1 unspecified atom stereocenters. The summed E-state index contributed by atoms with van der Waals surface area (Å²) in [5.41, 5.74) is 7.00. The van der Waals surface area contributed by atoms with Crippen molar-refractivity contribution in [3.63, 3.8) is 0 Å².